The molecule has 0 saturated heterocycles. The molecule has 3 N–H and O–H groups in total. The van der Waals surface area contributed by atoms with Gasteiger partial charge in [0.2, 0.25) is 0 Å². The van der Waals surface area contributed by atoms with Crippen molar-refractivity contribution in [2.45, 2.75) is 19.0 Å². The topological polar surface area (TPSA) is 63.9 Å². The summed E-state index contributed by atoms with van der Waals surface area (Å²) >= 11 is 0. The molecule has 0 radical (unpaired) electrons. The van der Waals surface area contributed by atoms with E-state index in [1.54, 1.807) is 12.1 Å². The Morgan fingerprint density at radius 2 is 1.08 bits per heavy atom. The fourth-order valence-electron chi connectivity index (χ4n) is 2.81. The van der Waals surface area contributed by atoms with Gasteiger partial charge in [0.05, 0.1) is 5.56 Å². The first-order valence-corrected chi connectivity index (χ1v) is 8.13. The molecule has 128 valence electrons. The average molecular weight is 335 g/mol. The van der Waals surface area contributed by atoms with Crippen LogP contribution in [0.15, 0.2) is 84.9 Å². The Morgan fingerprint density at radius 1 is 0.640 bits per heavy atom. The minimum atomic E-state index is -2.31. The summed E-state index contributed by atoms with van der Waals surface area (Å²) < 4.78 is 0. The van der Waals surface area contributed by atoms with Crippen molar-refractivity contribution in [1.29, 1.82) is 0 Å². The van der Waals surface area contributed by atoms with Crippen molar-refractivity contribution >= 4 is 0 Å². The van der Waals surface area contributed by atoms with Gasteiger partial charge in [-0.05, 0) is 23.3 Å². The lowest BCUT2D eigenvalue weighted by molar-refractivity contribution is -0.283. The Kier molecular flexibility index (Phi) is 5.14. The summed E-state index contributed by atoms with van der Waals surface area (Å²) in [4.78, 5) is 1.52. The van der Waals surface area contributed by atoms with Gasteiger partial charge in [-0.2, -0.15) is 0 Å². The number of nitrogens with zero attached hydrogens (tertiary/aromatic N) is 1. The van der Waals surface area contributed by atoms with E-state index in [0.717, 1.165) is 11.1 Å². The molecule has 0 aliphatic heterocycles. The van der Waals surface area contributed by atoms with E-state index in [-0.39, 0.29) is 11.3 Å². The number of phenols is 1. The lowest BCUT2D eigenvalue weighted by Crippen LogP contribution is -2.45. The first kappa shape index (κ1) is 17.2. The van der Waals surface area contributed by atoms with Gasteiger partial charge in [-0.25, -0.2) is 4.90 Å². The van der Waals surface area contributed by atoms with Crippen molar-refractivity contribution in [2.75, 3.05) is 0 Å². The summed E-state index contributed by atoms with van der Waals surface area (Å²) in [6.45, 7) is 0.633. The molecule has 0 heterocycles. The lowest BCUT2D eigenvalue weighted by Gasteiger charge is -2.36. The number of para-hydroxylation sites is 1. The summed E-state index contributed by atoms with van der Waals surface area (Å²) in [6, 6.07) is 25.5. The Morgan fingerprint density at radius 3 is 1.56 bits per heavy atom. The molecule has 0 unspecified atom stereocenters. The molecule has 4 nitrogen and oxygen atoms in total. The fourth-order valence-corrected chi connectivity index (χ4v) is 2.81. The molecule has 3 aromatic rings. The maximum absolute atomic E-state index is 10.9. The lowest BCUT2D eigenvalue weighted by atomic mass is 10.1. The molecule has 0 amide bonds. The van der Waals surface area contributed by atoms with Crippen LogP contribution in [-0.2, 0) is 19.0 Å². The van der Waals surface area contributed by atoms with E-state index >= 15 is 0 Å². The third-order valence-corrected chi connectivity index (χ3v) is 4.14. The standard InChI is InChI=1S/C21H21NO3/c23-20-14-8-7-13-19(20)21(24,25)22(15-17-9-3-1-4-10-17)16-18-11-5-2-6-12-18/h1-14,23-25H,15-16H2. The molecule has 0 saturated carbocycles. The van der Waals surface area contributed by atoms with Crippen LogP contribution < -0.4 is 0 Å². The number of rotatable bonds is 6. The van der Waals surface area contributed by atoms with Crippen molar-refractivity contribution in [3.05, 3.63) is 102 Å². The predicted molar refractivity (Wildman–Crippen MR) is 96.4 cm³/mol. The van der Waals surface area contributed by atoms with Gasteiger partial charge in [0.1, 0.15) is 5.75 Å². The van der Waals surface area contributed by atoms with E-state index in [0.29, 0.717) is 13.1 Å². The van der Waals surface area contributed by atoms with Crippen LogP contribution in [0.1, 0.15) is 16.7 Å². The Balaban J connectivity index is 1.96. The summed E-state index contributed by atoms with van der Waals surface area (Å²) in [6.07, 6.45) is 0. The number of aromatic hydroxyl groups is 1. The number of aliphatic hydroxyl groups is 2. The van der Waals surface area contributed by atoms with E-state index in [9.17, 15) is 15.3 Å². The first-order valence-electron chi connectivity index (χ1n) is 8.13. The SMILES string of the molecule is Oc1ccccc1C(O)(O)N(Cc1ccccc1)Cc1ccccc1. The molecular weight excluding hydrogens is 314 g/mol. The molecule has 25 heavy (non-hydrogen) atoms. The summed E-state index contributed by atoms with van der Waals surface area (Å²) in [5.74, 6) is -2.46. The predicted octanol–water partition coefficient (Wildman–Crippen LogP) is 3.19. The van der Waals surface area contributed by atoms with E-state index < -0.39 is 5.91 Å². The average Bonchev–Trinajstić information content (AvgIpc) is 2.63. The largest absolute Gasteiger partial charge is 0.507 e. The van der Waals surface area contributed by atoms with Crippen molar-refractivity contribution in [3.63, 3.8) is 0 Å². The number of hydrogen-bond acceptors (Lipinski definition) is 4. The molecule has 0 bridgehead atoms. The Bertz CT molecular complexity index is 762. The van der Waals surface area contributed by atoms with Crippen molar-refractivity contribution < 1.29 is 15.3 Å². The molecule has 0 aromatic heterocycles. The van der Waals surface area contributed by atoms with Crippen molar-refractivity contribution in [2.24, 2.45) is 0 Å². The zero-order valence-electron chi connectivity index (χ0n) is 13.8. The van der Waals surface area contributed by atoms with Crippen LogP contribution in [0.25, 0.3) is 0 Å². The van der Waals surface area contributed by atoms with Gasteiger partial charge in [0.25, 0.3) is 5.91 Å². The molecule has 4 heteroatoms. The Hall–Kier alpha value is -2.66. The van der Waals surface area contributed by atoms with Crippen LogP contribution in [-0.4, -0.2) is 20.2 Å². The van der Waals surface area contributed by atoms with Crippen molar-refractivity contribution in [3.8, 4) is 5.75 Å². The van der Waals surface area contributed by atoms with Crippen molar-refractivity contribution in [1.82, 2.24) is 4.90 Å². The summed E-state index contributed by atoms with van der Waals surface area (Å²) in [7, 11) is 0. The zero-order chi connectivity index (χ0) is 17.7. The molecule has 3 rings (SSSR count). The quantitative estimate of drug-likeness (QED) is 0.605. The minimum absolute atomic E-state index is 0.0573. The van der Waals surface area contributed by atoms with Gasteiger partial charge >= 0.3 is 0 Å². The highest BCUT2D eigenvalue weighted by atomic mass is 16.5. The summed E-state index contributed by atoms with van der Waals surface area (Å²) in [5, 5.41) is 31.8. The second-order valence-electron chi connectivity index (χ2n) is 5.98. The van der Waals surface area contributed by atoms with Crippen LogP contribution in [0.5, 0.6) is 5.75 Å². The van der Waals surface area contributed by atoms with Crippen LogP contribution in [0, 0.1) is 0 Å². The monoisotopic (exact) mass is 335 g/mol. The number of hydrogen-bond donors (Lipinski definition) is 3. The third kappa shape index (κ3) is 4.06. The third-order valence-electron chi connectivity index (χ3n) is 4.14. The first-order chi connectivity index (χ1) is 12.1. The molecular formula is C21H21NO3. The van der Waals surface area contributed by atoms with Crippen LogP contribution >= 0.6 is 0 Å². The van der Waals surface area contributed by atoms with E-state index in [2.05, 4.69) is 0 Å². The van der Waals surface area contributed by atoms with Crippen LogP contribution in [0.3, 0.4) is 0 Å². The van der Waals surface area contributed by atoms with E-state index in [1.165, 1.54) is 17.0 Å². The molecule has 0 spiro atoms. The molecule has 0 atom stereocenters. The van der Waals surface area contributed by atoms with E-state index in [4.69, 9.17) is 0 Å². The molecule has 3 aromatic carbocycles. The van der Waals surface area contributed by atoms with Crippen LogP contribution in [0.2, 0.25) is 0 Å². The number of benzene rings is 3. The highest BCUT2D eigenvalue weighted by Crippen LogP contribution is 2.32. The molecule has 0 aliphatic rings. The maximum Gasteiger partial charge on any atom is 0.257 e. The smallest absolute Gasteiger partial charge is 0.257 e. The Labute approximate surface area is 147 Å². The van der Waals surface area contributed by atoms with Crippen LogP contribution in [0.4, 0.5) is 0 Å². The van der Waals surface area contributed by atoms with Gasteiger partial charge < -0.3 is 15.3 Å². The molecule has 0 aliphatic carbocycles. The molecule has 0 fully saturated rings. The van der Waals surface area contributed by atoms with E-state index in [1.807, 2.05) is 60.7 Å². The second kappa shape index (κ2) is 7.49. The van der Waals surface area contributed by atoms with Gasteiger partial charge in [-0.1, -0.05) is 72.8 Å². The number of phenolic OH excluding ortho intramolecular Hbond substituents is 1. The van der Waals surface area contributed by atoms with Gasteiger partial charge in [-0.3, -0.25) is 0 Å². The second-order valence-corrected chi connectivity index (χ2v) is 5.98. The summed E-state index contributed by atoms with van der Waals surface area (Å²) in [5.41, 5.74) is 1.95. The van der Waals surface area contributed by atoms with Gasteiger partial charge in [-0.15, -0.1) is 0 Å². The minimum Gasteiger partial charge on any atom is -0.507 e. The highest BCUT2D eigenvalue weighted by molar-refractivity contribution is 5.35. The normalized spacial score (nSPS) is 11.6. The van der Waals surface area contributed by atoms with Gasteiger partial charge in [0, 0.05) is 13.1 Å². The zero-order valence-corrected chi connectivity index (χ0v) is 13.8. The fraction of sp³-hybridized carbons (Fsp3) is 0.143. The highest BCUT2D eigenvalue weighted by Gasteiger charge is 2.36. The maximum atomic E-state index is 10.9. The van der Waals surface area contributed by atoms with Gasteiger partial charge in [0.15, 0.2) is 0 Å².